The highest BCUT2D eigenvalue weighted by atomic mass is 16.6. The molecule has 11 heteroatoms. The van der Waals surface area contributed by atoms with E-state index in [4.69, 9.17) is 4.74 Å². The van der Waals surface area contributed by atoms with Crippen LogP contribution in [-0.2, 0) is 9.59 Å². The van der Waals surface area contributed by atoms with Gasteiger partial charge in [-0.05, 0) is 12.1 Å². The summed E-state index contributed by atoms with van der Waals surface area (Å²) in [5, 5.41) is 24.1. The number of nitrogens with zero attached hydrogens (tertiary/aromatic N) is 3. The van der Waals surface area contributed by atoms with Gasteiger partial charge < -0.3 is 15.0 Å². The third-order valence-electron chi connectivity index (χ3n) is 3.71. The summed E-state index contributed by atoms with van der Waals surface area (Å²) in [6.45, 7) is -0.463. The van der Waals surface area contributed by atoms with E-state index in [-0.39, 0.29) is 35.9 Å². The summed E-state index contributed by atoms with van der Waals surface area (Å²) in [5.41, 5.74) is 0.170. The average Bonchev–Trinajstić information content (AvgIpc) is 2.61. The third-order valence-corrected chi connectivity index (χ3v) is 3.71. The predicted octanol–water partition coefficient (Wildman–Crippen LogP) is 1.87. The first-order valence-electron chi connectivity index (χ1n) is 7.62. The molecule has 0 unspecified atom stereocenters. The number of hydrogen-bond donors (Lipinski definition) is 1. The van der Waals surface area contributed by atoms with Gasteiger partial charge in [0, 0.05) is 23.9 Å². The minimum absolute atomic E-state index is 0.0106. The van der Waals surface area contributed by atoms with Crippen LogP contribution < -0.4 is 15.0 Å². The Morgan fingerprint density at radius 2 is 1.81 bits per heavy atom. The minimum Gasteiger partial charge on any atom is -0.423 e. The van der Waals surface area contributed by atoms with E-state index in [1.165, 1.54) is 41.3 Å². The largest absolute Gasteiger partial charge is 0.423 e. The van der Waals surface area contributed by atoms with Crippen LogP contribution in [0.15, 0.2) is 42.5 Å². The number of nitrogens with one attached hydrogen (secondary N) is 1. The molecule has 0 fully saturated rings. The highest BCUT2D eigenvalue weighted by Gasteiger charge is 2.27. The van der Waals surface area contributed by atoms with E-state index in [1.54, 1.807) is 0 Å². The molecule has 0 saturated carbocycles. The molecule has 0 saturated heterocycles. The fraction of sp³-hybridized carbons (Fsp3) is 0.125. The number of fused-ring (bicyclic) bond motifs is 1. The maximum absolute atomic E-state index is 12.3. The van der Waals surface area contributed by atoms with Crippen LogP contribution in [0.4, 0.5) is 22.7 Å². The number of nitro groups is 2. The smallest absolute Gasteiger partial charge is 0.331 e. The maximum Gasteiger partial charge on any atom is 0.331 e. The molecule has 2 aromatic rings. The van der Waals surface area contributed by atoms with Gasteiger partial charge in [-0.15, -0.1) is 0 Å². The second-order valence-corrected chi connectivity index (χ2v) is 5.59. The van der Waals surface area contributed by atoms with Crippen LogP contribution >= 0.6 is 0 Å². The van der Waals surface area contributed by atoms with Crippen molar-refractivity contribution in [1.29, 1.82) is 0 Å². The number of rotatable bonds is 5. The fourth-order valence-corrected chi connectivity index (χ4v) is 2.57. The van der Waals surface area contributed by atoms with Crippen LogP contribution in [0, 0.1) is 20.2 Å². The number of benzene rings is 2. The lowest BCUT2D eigenvalue weighted by Gasteiger charge is -2.28. The van der Waals surface area contributed by atoms with E-state index in [0.717, 1.165) is 6.07 Å². The van der Waals surface area contributed by atoms with Crippen molar-refractivity contribution >= 4 is 34.6 Å². The van der Waals surface area contributed by atoms with Crippen molar-refractivity contribution in [3.63, 3.8) is 0 Å². The molecule has 1 aliphatic rings. The van der Waals surface area contributed by atoms with Gasteiger partial charge in [-0.2, -0.15) is 0 Å². The Kier molecular flexibility index (Phi) is 4.66. The molecule has 0 atom stereocenters. The first-order valence-corrected chi connectivity index (χ1v) is 7.62. The number of carbonyl (C=O) groups excluding carboxylic acids is 2. The summed E-state index contributed by atoms with van der Waals surface area (Å²) < 4.78 is 5.00. The topological polar surface area (TPSA) is 145 Å². The van der Waals surface area contributed by atoms with Gasteiger partial charge in [0.1, 0.15) is 6.54 Å². The van der Waals surface area contributed by atoms with Gasteiger partial charge in [0.25, 0.3) is 11.4 Å². The molecule has 0 aliphatic carbocycles. The van der Waals surface area contributed by atoms with Crippen molar-refractivity contribution in [2.75, 3.05) is 23.3 Å². The van der Waals surface area contributed by atoms with E-state index in [2.05, 4.69) is 5.32 Å². The van der Waals surface area contributed by atoms with E-state index >= 15 is 0 Å². The number of nitro benzene ring substituents is 2. The molecule has 0 aromatic heterocycles. The molecular formula is C16H12N4O7. The lowest BCUT2D eigenvalue weighted by molar-refractivity contribution is -0.385. The van der Waals surface area contributed by atoms with Crippen LogP contribution in [0.3, 0.4) is 0 Å². The SMILES string of the molecule is O=C(CN1CC(=O)Oc2cc([N+](=O)[O-])ccc21)Nc1cccc([N+](=O)[O-])c1. The van der Waals surface area contributed by atoms with E-state index in [9.17, 15) is 29.8 Å². The Morgan fingerprint density at radius 3 is 2.52 bits per heavy atom. The van der Waals surface area contributed by atoms with Gasteiger partial charge in [0.2, 0.25) is 5.91 Å². The van der Waals surface area contributed by atoms with Crippen LogP contribution in [0.5, 0.6) is 5.75 Å². The van der Waals surface area contributed by atoms with Gasteiger partial charge in [-0.25, -0.2) is 4.79 Å². The summed E-state index contributed by atoms with van der Waals surface area (Å²) >= 11 is 0. The normalized spacial score (nSPS) is 12.7. The second kappa shape index (κ2) is 7.07. The Balaban J connectivity index is 1.77. The van der Waals surface area contributed by atoms with E-state index in [0.29, 0.717) is 5.69 Å². The van der Waals surface area contributed by atoms with Gasteiger partial charge in [-0.3, -0.25) is 25.0 Å². The van der Waals surface area contributed by atoms with Gasteiger partial charge in [0.05, 0.1) is 28.1 Å². The number of hydrogen-bond acceptors (Lipinski definition) is 8. The summed E-state index contributed by atoms with van der Waals surface area (Å²) in [6, 6.07) is 9.16. The number of ether oxygens (including phenoxy) is 1. The molecule has 1 aliphatic heterocycles. The van der Waals surface area contributed by atoms with Crippen molar-refractivity contribution in [3.05, 3.63) is 62.7 Å². The highest BCUT2D eigenvalue weighted by Crippen LogP contribution is 2.35. The van der Waals surface area contributed by atoms with Gasteiger partial charge in [-0.1, -0.05) is 6.07 Å². The van der Waals surface area contributed by atoms with Crippen LogP contribution in [0.1, 0.15) is 0 Å². The molecule has 0 spiro atoms. The highest BCUT2D eigenvalue weighted by molar-refractivity contribution is 5.96. The molecule has 27 heavy (non-hydrogen) atoms. The molecule has 0 radical (unpaired) electrons. The molecule has 1 heterocycles. The average molecular weight is 372 g/mol. The molecule has 3 rings (SSSR count). The Morgan fingerprint density at radius 1 is 1.11 bits per heavy atom. The summed E-state index contributed by atoms with van der Waals surface area (Å²) in [5.74, 6) is -1.19. The third kappa shape index (κ3) is 3.98. The molecule has 2 aromatic carbocycles. The zero-order chi connectivity index (χ0) is 19.6. The van der Waals surface area contributed by atoms with Crippen LogP contribution in [0.25, 0.3) is 0 Å². The zero-order valence-electron chi connectivity index (χ0n) is 13.7. The first-order chi connectivity index (χ1) is 12.8. The summed E-state index contributed by atoms with van der Waals surface area (Å²) in [7, 11) is 0. The van der Waals surface area contributed by atoms with Gasteiger partial charge in [0.15, 0.2) is 5.75 Å². The van der Waals surface area contributed by atoms with Crippen molar-refractivity contribution in [2.45, 2.75) is 0 Å². The minimum atomic E-state index is -0.661. The van der Waals surface area contributed by atoms with Crippen molar-refractivity contribution in [3.8, 4) is 5.75 Å². The second-order valence-electron chi connectivity index (χ2n) is 5.59. The molecular weight excluding hydrogens is 360 g/mol. The molecule has 1 N–H and O–H groups in total. The monoisotopic (exact) mass is 372 g/mol. The van der Waals surface area contributed by atoms with Crippen LogP contribution in [-0.4, -0.2) is 34.8 Å². The summed E-state index contributed by atoms with van der Waals surface area (Å²) in [4.78, 5) is 45.8. The number of amides is 1. The zero-order valence-corrected chi connectivity index (χ0v) is 13.7. The van der Waals surface area contributed by atoms with Crippen molar-refractivity contribution < 1.29 is 24.2 Å². The fourth-order valence-electron chi connectivity index (χ4n) is 2.57. The number of anilines is 2. The number of non-ortho nitro benzene ring substituents is 2. The Labute approximate surface area is 151 Å². The Hall–Kier alpha value is -4.02. The van der Waals surface area contributed by atoms with E-state index < -0.39 is 21.7 Å². The number of carbonyl (C=O) groups is 2. The maximum atomic E-state index is 12.3. The Bertz CT molecular complexity index is 960. The molecule has 11 nitrogen and oxygen atoms in total. The molecule has 138 valence electrons. The lowest BCUT2D eigenvalue weighted by Crippen LogP contribution is -2.41. The standard InChI is InChI=1S/C16H12N4O7/c21-15(17-10-2-1-3-11(6-10)19(23)24)8-18-9-16(22)27-14-7-12(20(25)26)4-5-13(14)18/h1-7H,8-9H2,(H,17,21). The summed E-state index contributed by atoms with van der Waals surface area (Å²) in [6.07, 6.45) is 0. The van der Waals surface area contributed by atoms with Crippen molar-refractivity contribution in [2.24, 2.45) is 0 Å². The van der Waals surface area contributed by atoms with Crippen LogP contribution in [0.2, 0.25) is 0 Å². The first kappa shape index (κ1) is 17.8. The molecule has 1 amide bonds. The predicted molar refractivity (Wildman–Crippen MR) is 92.7 cm³/mol. The quantitative estimate of drug-likeness (QED) is 0.362. The van der Waals surface area contributed by atoms with Crippen molar-refractivity contribution in [1.82, 2.24) is 0 Å². The number of esters is 1. The lowest BCUT2D eigenvalue weighted by atomic mass is 10.2. The van der Waals surface area contributed by atoms with Gasteiger partial charge >= 0.3 is 5.97 Å². The molecule has 0 bridgehead atoms. The van der Waals surface area contributed by atoms with E-state index in [1.807, 2.05) is 0 Å².